The first kappa shape index (κ1) is 23.9. The van der Waals surface area contributed by atoms with Crippen LogP contribution in [0.15, 0.2) is 29.2 Å². The zero-order valence-corrected chi connectivity index (χ0v) is 20.9. The van der Waals surface area contributed by atoms with Crippen molar-refractivity contribution in [3.8, 4) is 0 Å². The normalized spacial score (nSPS) is 20.4. The van der Waals surface area contributed by atoms with E-state index in [0.717, 1.165) is 18.4 Å². The molecule has 2 N–H and O–H groups in total. The fourth-order valence-electron chi connectivity index (χ4n) is 3.11. The molecule has 0 radical (unpaired) electrons. The number of carbonyl (C=O) groups excluding carboxylic acids is 1. The molecule has 1 amide bonds. The Bertz CT molecular complexity index is 837. The molecule has 6 nitrogen and oxygen atoms in total. The summed E-state index contributed by atoms with van der Waals surface area (Å²) in [4.78, 5) is 14.8. The van der Waals surface area contributed by atoms with Gasteiger partial charge in [0.25, 0.3) is 0 Å². The van der Waals surface area contributed by atoms with Crippen LogP contribution in [-0.4, -0.2) is 35.6 Å². The molecule has 29 heavy (non-hydrogen) atoms. The number of ether oxygens (including phenoxy) is 1. The lowest BCUT2D eigenvalue weighted by atomic mass is 10.1. The van der Waals surface area contributed by atoms with Crippen molar-refractivity contribution in [2.24, 2.45) is 0 Å². The van der Waals surface area contributed by atoms with E-state index in [1.165, 1.54) is 0 Å². The van der Waals surface area contributed by atoms with E-state index in [9.17, 15) is 9.00 Å². The molecule has 1 aliphatic rings. The third kappa shape index (κ3) is 5.83. The Morgan fingerprint density at radius 2 is 1.72 bits per heavy atom. The molecule has 2 unspecified atom stereocenters. The number of rotatable bonds is 4. The maximum Gasteiger partial charge on any atom is 0.410 e. The van der Waals surface area contributed by atoms with E-state index in [1.54, 1.807) is 17.0 Å². The number of hydrogen-bond donors (Lipinski definition) is 2. The lowest BCUT2D eigenvalue weighted by molar-refractivity contribution is 0.0224. The quantitative estimate of drug-likeness (QED) is 0.593. The van der Waals surface area contributed by atoms with Gasteiger partial charge in [0.2, 0.25) is 0 Å². The summed E-state index contributed by atoms with van der Waals surface area (Å²) in [5, 5.41) is -0.0194. The first-order valence-electron chi connectivity index (χ1n) is 10.2. The van der Waals surface area contributed by atoms with Gasteiger partial charge in [-0.1, -0.05) is 46.0 Å². The summed E-state index contributed by atoms with van der Waals surface area (Å²) in [6.07, 6.45) is 1.50. The van der Waals surface area contributed by atoms with Crippen molar-refractivity contribution in [3.63, 3.8) is 0 Å². The minimum atomic E-state index is -3.09. The van der Waals surface area contributed by atoms with Crippen LogP contribution in [0.25, 0.3) is 0 Å². The Balaban J connectivity index is 2.20. The summed E-state index contributed by atoms with van der Waals surface area (Å²) >= 11 is 0. The van der Waals surface area contributed by atoms with Gasteiger partial charge in [0.05, 0.1) is 10.9 Å². The second-order valence-corrected chi connectivity index (χ2v) is 17.6. The maximum absolute atomic E-state index is 13.1. The van der Waals surface area contributed by atoms with E-state index in [-0.39, 0.29) is 17.2 Å². The molecule has 0 aliphatic carbocycles. The second-order valence-electron chi connectivity index (χ2n) is 10.4. The Labute approximate surface area is 177 Å². The van der Waals surface area contributed by atoms with Crippen molar-refractivity contribution in [3.05, 3.63) is 29.8 Å². The fourth-order valence-corrected chi connectivity index (χ4v) is 8.20. The fraction of sp³-hybridized carbons (Fsp3) is 0.667. The summed E-state index contributed by atoms with van der Waals surface area (Å²) in [6.45, 7) is 16.8. The first-order valence-corrected chi connectivity index (χ1v) is 14.8. The van der Waals surface area contributed by atoms with E-state index in [1.807, 2.05) is 32.9 Å². The summed E-state index contributed by atoms with van der Waals surface area (Å²) in [5.41, 5.74) is 0.458. The van der Waals surface area contributed by atoms with E-state index in [0.29, 0.717) is 11.4 Å². The highest BCUT2D eigenvalue weighted by Crippen LogP contribution is 2.36. The molecule has 0 saturated carbocycles. The number of amides is 1. The number of hydrogen-bond acceptors (Lipinski definition) is 4. The molecule has 1 heterocycles. The lowest BCUT2D eigenvalue weighted by Crippen LogP contribution is -2.54. The van der Waals surface area contributed by atoms with Gasteiger partial charge in [-0.15, -0.1) is 0 Å². The van der Waals surface area contributed by atoms with Crippen LogP contribution < -0.4 is 4.39 Å². The molecule has 0 bridgehead atoms. The Hall–Kier alpha value is -1.38. The van der Waals surface area contributed by atoms with Crippen molar-refractivity contribution in [2.45, 2.75) is 89.1 Å². The molecule has 1 aromatic carbocycles. The van der Waals surface area contributed by atoms with Gasteiger partial charge in [-0.25, -0.2) is 18.2 Å². The molecule has 1 fully saturated rings. The molecule has 0 aromatic heterocycles. The van der Waals surface area contributed by atoms with Gasteiger partial charge in [0.15, 0.2) is 0 Å². The number of benzene rings is 1. The third-order valence-electron chi connectivity index (χ3n) is 5.75. The standard InChI is InChI=1S/C21H37N3O3SSi/c1-20(2,3)27-19(25)24-15-9-10-18(24)16-11-13-17(14-12-16)28(22,26)23-29(7,8)21(4,5)6/h11-14,18H,9-10,15H2,1-8H3,(H2,22,23,26). The Morgan fingerprint density at radius 3 is 2.21 bits per heavy atom. The van der Waals surface area contributed by atoms with Crippen molar-refractivity contribution in [1.29, 1.82) is 4.78 Å². The van der Waals surface area contributed by atoms with Crippen LogP contribution >= 0.6 is 0 Å². The van der Waals surface area contributed by atoms with Crippen molar-refractivity contribution in [2.75, 3.05) is 6.54 Å². The van der Waals surface area contributed by atoms with E-state index < -0.39 is 23.8 Å². The number of nitrogens with zero attached hydrogens (tertiary/aromatic N) is 1. The van der Waals surface area contributed by atoms with Gasteiger partial charge in [-0.3, -0.25) is 0 Å². The topological polar surface area (TPSA) is 82.5 Å². The smallest absolute Gasteiger partial charge is 0.410 e. The van der Waals surface area contributed by atoms with Crippen LogP contribution in [0.5, 0.6) is 0 Å². The van der Waals surface area contributed by atoms with Gasteiger partial charge >= 0.3 is 6.09 Å². The summed E-state index contributed by atoms with van der Waals surface area (Å²) in [7, 11) is -5.18. The lowest BCUT2D eigenvalue weighted by Gasteiger charge is -2.37. The predicted octanol–water partition coefficient (Wildman–Crippen LogP) is 5.67. The second kappa shape index (κ2) is 8.04. The van der Waals surface area contributed by atoms with Crippen LogP contribution in [-0.2, 0) is 14.7 Å². The van der Waals surface area contributed by atoms with Crippen molar-refractivity contribution in [1.82, 2.24) is 9.29 Å². The molecule has 1 saturated heterocycles. The molecule has 164 valence electrons. The van der Waals surface area contributed by atoms with Gasteiger partial charge in [0, 0.05) is 6.54 Å². The summed E-state index contributed by atoms with van der Waals surface area (Å²) in [5.74, 6) is 0. The Morgan fingerprint density at radius 1 is 1.17 bits per heavy atom. The van der Waals surface area contributed by atoms with Crippen molar-refractivity contribution >= 4 is 24.2 Å². The van der Waals surface area contributed by atoms with E-state index in [4.69, 9.17) is 9.52 Å². The minimum Gasteiger partial charge on any atom is -0.444 e. The average molecular weight is 440 g/mol. The van der Waals surface area contributed by atoms with Gasteiger partial charge in [-0.05, 0) is 56.3 Å². The van der Waals surface area contributed by atoms with E-state index >= 15 is 0 Å². The molecular weight excluding hydrogens is 402 g/mol. The molecule has 0 spiro atoms. The summed E-state index contributed by atoms with van der Waals surface area (Å²) in [6, 6.07) is 7.26. The third-order valence-corrected chi connectivity index (χ3v) is 13.6. The number of likely N-dealkylation sites (tertiary alicyclic amines) is 1. The van der Waals surface area contributed by atoms with Gasteiger partial charge in [0.1, 0.15) is 23.8 Å². The largest absolute Gasteiger partial charge is 0.444 e. The van der Waals surface area contributed by atoms with Gasteiger partial charge in [-0.2, -0.15) is 0 Å². The highest BCUT2D eigenvalue weighted by molar-refractivity contribution is 7.92. The summed E-state index contributed by atoms with van der Waals surface area (Å²) < 4.78 is 30.3. The zero-order chi connectivity index (χ0) is 22.3. The zero-order valence-electron chi connectivity index (χ0n) is 19.1. The van der Waals surface area contributed by atoms with Gasteiger partial charge < -0.3 is 9.64 Å². The SMILES string of the molecule is CC(C)(C)OC(=O)N1CCCC1c1ccc(S(=N)(=O)N[Si](C)(C)C(C)(C)C)cc1. The van der Waals surface area contributed by atoms with Crippen LogP contribution in [0.1, 0.15) is 66.0 Å². The predicted molar refractivity (Wildman–Crippen MR) is 121 cm³/mol. The molecule has 8 heteroatoms. The van der Waals surface area contributed by atoms with Crippen LogP contribution in [0, 0.1) is 4.78 Å². The highest BCUT2D eigenvalue weighted by Gasteiger charge is 2.38. The molecule has 2 atom stereocenters. The number of carbonyl (C=O) groups is 1. The molecular formula is C21H37N3O3SSi. The minimum absolute atomic E-state index is 0.0194. The van der Waals surface area contributed by atoms with E-state index in [2.05, 4.69) is 38.3 Å². The molecule has 2 rings (SSSR count). The molecule has 1 aliphatic heterocycles. The molecule has 1 aromatic rings. The maximum atomic E-state index is 13.1. The van der Waals surface area contributed by atoms with Crippen LogP contribution in [0.4, 0.5) is 4.79 Å². The van der Waals surface area contributed by atoms with Crippen molar-refractivity contribution < 1.29 is 13.7 Å². The van der Waals surface area contributed by atoms with Crippen LogP contribution in [0.3, 0.4) is 0 Å². The monoisotopic (exact) mass is 439 g/mol. The highest BCUT2D eigenvalue weighted by atomic mass is 32.2. The Kier molecular flexibility index (Phi) is 6.62. The van der Waals surface area contributed by atoms with Crippen LogP contribution in [0.2, 0.25) is 18.1 Å². The first-order chi connectivity index (χ1) is 13.0. The average Bonchev–Trinajstić information content (AvgIpc) is 3.01. The number of nitrogens with one attached hydrogen (secondary N) is 2.